The zero-order valence-electron chi connectivity index (χ0n) is 19.1. The summed E-state index contributed by atoms with van der Waals surface area (Å²) in [5, 5.41) is 10.8. The van der Waals surface area contributed by atoms with Gasteiger partial charge in [-0.3, -0.25) is 19.8 Å². The summed E-state index contributed by atoms with van der Waals surface area (Å²) >= 11 is 0. The van der Waals surface area contributed by atoms with Crippen LogP contribution in [0.1, 0.15) is 21.5 Å². The summed E-state index contributed by atoms with van der Waals surface area (Å²) in [5.41, 5.74) is 2.64. The molecule has 1 amide bonds. The van der Waals surface area contributed by atoms with Gasteiger partial charge in [-0.1, -0.05) is 36.4 Å². The van der Waals surface area contributed by atoms with Crippen LogP contribution >= 0.6 is 0 Å². The summed E-state index contributed by atoms with van der Waals surface area (Å²) < 4.78 is 11.5. The van der Waals surface area contributed by atoms with E-state index < -0.39 is 4.92 Å². The fourth-order valence-electron chi connectivity index (χ4n) is 3.94. The van der Waals surface area contributed by atoms with Gasteiger partial charge in [0.05, 0.1) is 12.0 Å². The maximum atomic E-state index is 12.8. The van der Waals surface area contributed by atoms with Crippen molar-refractivity contribution in [3.05, 3.63) is 99.6 Å². The Morgan fingerprint density at radius 1 is 0.912 bits per heavy atom. The minimum atomic E-state index is -0.468. The van der Waals surface area contributed by atoms with Gasteiger partial charge in [0.15, 0.2) is 11.5 Å². The van der Waals surface area contributed by atoms with Crippen molar-refractivity contribution in [2.75, 3.05) is 33.3 Å². The monoisotopic (exact) mass is 461 g/mol. The molecule has 0 atom stereocenters. The minimum absolute atomic E-state index is 0.0204. The fraction of sp³-hybridized carbons (Fsp3) is 0.269. The smallest absolute Gasteiger partial charge is 0.269 e. The lowest BCUT2D eigenvalue weighted by molar-refractivity contribution is -0.384. The average Bonchev–Trinajstić information content (AvgIpc) is 2.88. The number of nitrogens with zero attached hydrogens (tertiary/aromatic N) is 3. The van der Waals surface area contributed by atoms with E-state index in [1.807, 2.05) is 48.5 Å². The van der Waals surface area contributed by atoms with Crippen LogP contribution < -0.4 is 9.47 Å². The first-order valence-corrected chi connectivity index (χ1v) is 11.1. The highest BCUT2D eigenvalue weighted by Gasteiger charge is 2.23. The van der Waals surface area contributed by atoms with Crippen molar-refractivity contribution in [1.82, 2.24) is 9.80 Å². The van der Waals surface area contributed by atoms with Crippen LogP contribution in [0.15, 0.2) is 72.8 Å². The van der Waals surface area contributed by atoms with Crippen molar-refractivity contribution >= 4 is 11.6 Å². The van der Waals surface area contributed by atoms with E-state index in [2.05, 4.69) is 4.90 Å². The number of hydrogen-bond acceptors (Lipinski definition) is 6. The number of ether oxygens (including phenoxy) is 2. The second-order valence-electron chi connectivity index (χ2n) is 8.13. The lowest BCUT2D eigenvalue weighted by atomic mass is 10.1. The van der Waals surface area contributed by atoms with Crippen molar-refractivity contribution in [2.45, 2.75) is 13.2 Å². The van der Waals surface area contributed by atoms with Crippen LogP contribution in [-0.4, -0.2) is 53.9 Å². The molecule has 1 aliphatic rings. The first kappa shape index (κ1) is 23.3. The summed E-state index contributed by atoms with van der Waals surface area (Å²) in [6, 6.07) is 21.7. The van der Waals surface area contributed by atoms with Gasteiger partial charge in [0.25, 0.3) is 11.6 Å². The summed E-state index contributed by atoms with van der Waals surface area (Å²) in [5.74, 6) is 1.30. The van der Waals surface area contributed by atoms with Gasteiger partial charge in [-0.25, -0.2) is 0 Å². The SMILES string of the molecule is COc1ccc(CN2CCN(C(=O)c3ccc([N+](=O)[O-])cc3)CC2)cc1OCc1ccccc1. The molecule has 0 aromatic heterocycles. The Morgan fingerprint density at radius 2 is 1.62 bits per heavy atom. The highest BCUT2D eigenvalue weighted by Crippen LogP contribution is 2.29. The first-order chi connectivity index (χ1) is 16.5. The van der Waals surface area contributed by atoms with Gasteiger partial charge in [-0.2, -0.15) is 0 Å². The number of methoxy groups -OCH3 is 1. The Labute approximate surface area is 198 Å². The quantitative estimate of drug-likeness (QED) is 0.370. The molecule has 1 aliphatic heterocycles. The molecule has 0 aliphatic carbocycles. The molecule has 1 saturated heterocycles. The van der Waals surface area contributed by atoms with Crippen LogP contribution in [-0.2, 0) is 13.2 Å². The maximum absolute atomic E-state index is 12.8. The van der Waals surface area contributed by atoms with Crippen LogP contribution in [0.4, 0.5) is 5.69 Å². The molecular formula is C26H27N3O5. The van der Waals surface area contributed by atoms with E-state index in [-0.39, 0.29) is 11.6 Å². The predicted molar refractivity (Wildman–Crippen MR) is 128 cm³/mol. The van der Waals surface area contributed by atoms with E-state index in [9.17, 15) is 14.9 Å². The standard InChI is InChI=1S/C26H27N3O5/c1-33-24-12-7-21(17-25(24)34-19-20-5-3-2-4-6-20)18-27-13-15-28(16-14-27)26(30)22-8-10-23(11-9-22)29(31)32/h2-12,17H,13-16,18-19H2,1H3. The molecule has 3 aromatic rings. The van der Waals surface area contributed by atoms with Gasteiger partial charge in [-0.15, -0.1) is 0 Å². The molecule has 0 saturated carbocycles. The number of amides is 1. The Kier molecular flexibility index (Phi) is 7.39. The van der Waals surface area contributed by atoms with Gasteiger partial charge in [0.2, 0.25) is 0 Å². The van der Waals surface area contributed by atoms with Crippen molar-refractivity contribution in [3.8, 4) is 11.5 Å². The van der Waals surface area contributed by atoms with Gasteiger partial charge in [0, 0.05) is 50.4 Å². The highest BCUT2D eigenvalue weighted by molar-refractivity contribution is 5.94. The third kappa shape index (κ3) is 5.71. The zero-order chi connectivity index (χ0) is 23.9. The number of rotatable bonds is 8. The third-order valence-corrected chi connectivity index (χ3v) is 5.86. The van der Waals surface area contributed by atoms with Crippen molar-refractivity contribution in [1.29, 1.82) is 0 Å². The lowest BCUT2D eigenvalue weighted by Crippen LogP contribution is -2.48. The molecule has 0 radical (unpaired) electrons. The fourth-order valence-corrected chi connectivity index (χ4v) is 3.94. The Hall–Kier alpha value is -3.91. The number of carbonyl (C=O) groups excluding carboxylic acids is 1. The van der Waals surface area contributed by atoms with E-state index in [4.69, 9.17) is 9.47 Å². The maximum Gasteiger partial charge on any atom is 0.269 e. The van der Waals surface area contributed by atoms with Crippen molar-refractivity contribution < 1.29 is 19.2 Å². The molecule has 3 aromatic carbocycles. The minimum Gasteiger partial charge on any atom is -0.493 e. The number of nitro benzene ring substituents is 1. The number of carbonyl (C=O) groups is 1. The summed E-state index contributed by atoms with van der Waals surface area (Å²) in [6.07, 6.45) is 0. The van der Waals surface area contributed by atoms with Crippen molar-refractivity contribution in [3.63, 3.8) is 0 Å². The van der Waals surface area contributed by atoms with Crippen LogP contribution in [0.3, 0.4) is 0 Å². The van der Waals surface area contributed by atoms with Crippen LogP contribution in [0.25, 0.3) is 0 Å². The number of piperazine rings is 1. The van der Waals surface area contributed by atoms with Gasteiger partial charge in [0.1, 0.15) is 6.61 Å². The molecule has 34 heavy (non-hydrogen) atoms. The molecule has 4 rings (SSSR count). The number of hydrogen-bond donors (Lipinski definition) is 0. The van der Waals surface area contributed by atoms with Crippen molar-refractivity contribution in [2.24, 2.45) is 0 Å². The van der Waals surface area contributed by atoms with E-state index in [0.29, 0.717) is 36.8 Å². The third-order valence-electron chi connectivity index (χ3n) is 5.86. The van der Waals surface area contributed by atoms with Crippen LogP contribution in [0, 0.1) is 10.1 Å². The topological polar surface area (TPSA) is 85.2 Å². The summed E-state index contributed by atoms with van der Waals surface area (Å²) in [7, 11) is 1.63. The molecule has 0 unspecified atom stereocenters. The summed E-state index contributed by atoms with van der Waals surface area (Å²) in [6.45, 7) is 3.89. The van der Waals surface area contributed by atoms with E-state index >= 15 is 0 Å². The largest absolute Gasteiger partial charge is 0.493 e. The second-order valence-corrected chi connectivity index (χ2v) is 8.13. The summed E-state index contributed by atoms with van der Waals surface area (Å²) in [4.78, 5) is 27.2. The average molecular weight is 462 g/mol. The normalized spacial score (nSPS) is 14.0. The van der Waals surface area contributed by atoms with Gasteiger partial charge >= 0.3 is 0 Å². The number of benzene rings is 3. The first-order valence-electron chi connectivity index (χ1n) is 11.1. The molecule has 0 N–H and O–H groups in total. The second kappa shape index (κ2) is 10.8. The van der Waals surface area contributed by atoms with Crippen LogP contribution in [0.2, 0.25) is 0 Å². The zero-order valence-corrected chi connectivity index (χ0v) is 19.1. The molecule has 1 fully saturated rings. The Bertz CT molecular complexity index is 1130. The van der Waals surface area contributed by atoms with Crippen LogP contribution in [0.5, 0.6) is 11.5 Å². The Balaban J connectivity index is 1.33. The van der Waals surface area contributed by atoms with E-state index in [1.165, 1.54) is 24.3 Å². The molecule has 0 bridgehead atoms. The molecular weight excluding hydrogens is 434 g/mol. The van der Waals surface area contributed by atoms with Gasteiger partial charge in [-0.05, 0) is 35.4 Å². The highest BCUT2D eigenvalue weighted by atomic mass is 16.6. The lowest BCUT2D eigenvalue weighted by Gasteiger charge is -2.34. The van der Waals surface area contributed by atoms with E-state index in [1.54, 1.807) is 12.0 Å². The number of non-ortho nitro benzene ring substituents is 1. The van der Waals surface area contributed by atoms with E-state index in [0.717, 1.165) is 30.8 Å². The molecule has 176 valence electrons. The number of nitro groups is 1. The predicted octanol–water partition coefficient (Wildman–Crippen LogP) is 4.14. The van der Waals surface area contributed by atoms with Gasteiger partial charge < -0.3 is 14.4 Å². The molecule has 8 nitrogen and oxygen atoms in total. The Morgan fingerprint density at radius 3 is 2.26 bits per heavy atom. The molecule has 1 heterocycles. The molecule has 8 heteroatoms. The molecule has 0 spiro atoms.